The van der Waals surface area contributed by atoms with Gasteiger partial charge < -0.3 is 15.2 Å². The number of amides is 1. The fraction of sp³-hybridized carbons (Fsp3) is 0.250. The standard InChI is InChI=1S/C20H20N2O5S2/c1-26-13-5-4-6-14(11-13)29(24,25)22-9-10-27-16(12-22)18-15-7-2-3-8-17(15)28-19(18)20(21)23/h2-8,11,16H,9-10,12H2,1H3,(H2,21,23). The van der Waals surface area contributed by atoms with E-state index in [-0.39, 0.29) is 24.6 Å². The number of sulfonamides is 1. The highest BCUT2D eigenvalue weighted by atomic mass is 32.2. The summed E-state index contributed by atoms with van der Waals surface area (Å²) in [5, 5.41) is 0.858. The minimum Gasteiger partial charge on any atom is -0.497 e. The van der Waals surface area contributed by atoms with Gasteiger partial charge in [-0.1, -0.05) is 24.3 Å². The largest absolute Gasteiger partial charge is 0.497 e. The molecule has 9 heteroatoms. The van der Waals surface area contributed by atoms with Crippen LogP contribution in [0.4, 0.5) is 0 Å². The van der Waals surface area contributed by atoms with E-state index in [0.29, 0.717) is 16.2 Å². The zero-order valence-corrected chi connectivity index (χ0v) is 17.3. The van der Waals surface area contributed by atoms with Gasteiger partial charge in [-0.05, 0) is 23.6 Å². The molecule has 7 nitrogen and oxygen atoms in total. The summed E-state index contributed by atoms with van der Waals surface area (Å²) < 4.78 is 39.7. The second-order valence-corrected chi connectivity index (χ2v) is 9.60. The molecule has 152 valence electrons. The van der Waals surface area contributed by atoms with Crippen molar-refractivity contribution in [2.45, 2.75) is 11.0 Å². The van der Waals surface area contributed by atoms with E-state index in [0.717, 1.165) is 10.1 Å². The number of methoxy groups -OCH3 is 1. The lowest BCUT2D eigenvalue weighted by Crippen LogP contribution is -2.42. The molecule has 2 N–H and O–H groups in total. The fourth-order valence-electron chi connectivity index (χ4n) is 3.50. The predicted octanol–water partition coefficient (Wildman–Crippen LogP) is 2.77. The maximum absolute atomic E-state index is 13.2. The van der Waals surface area contributed by atoms with Crippen LogP contribution in [0.25, 0.3) is 10.1 Å². The Morgan fingerprint density at radius 2 is 2.03 bits per heavy atom. The van der Waals surface area contributed by atoms with E-state index < -0.39 is 22.0 Å². The van der Waals surface area contributed by atoms with Gasteiger partial charge in [0.1, 0.15) is 5.75 Å². The van der Waals surface area contributed by atoms with Gasteiger partial charge in [0.15, 0.2) is 0 Å². The third-order valence-electron chi connectivity index (χ3n) is 4.89. The van der Waals surface area contributed by atoms with Gasteiger partial charge in [0.2, 0.25) is 10.0 Å². The van der Waals surface area contributed by atoms with Gasteiger partial charge in [-0.2, -0.15) is 4.31 Å². The second kappa shape index (κ2) is 7.75. The van der Waals surface area contributed by atoms with Crippen molar-refractivity contribution in [1.29, 1.82) is 0 Å². The van der Waals surface area contributed by atoms with Gasteiger partial charge in [-0.3, -0.25) is 4.79 Å². The number of thiophene rings is 1. The first kappa shape index (κ1) is 19.8. The Morgan fingerprint density at radius 3 is 2.79 bits per heavy atom. The van der Waals surface area contributed by atoms with Gasteiger partial charge in [0.25, 0.3) is 5.91 Å². The van der Waals surface area contributed by atoms with Gasteiger partial charge in [0.05, 0.1) is 29.6 Å². The summed E-state index contributed by atoms with van der Waals surface area (Å²) in [6, 6.07) is 13.9. The molecule has 3 aromatic rings. The zero-order valence-electron chi connectivity index (χ0n) is 15.7. The Bertz CT molecular complexity index is 1170. The molecule has 4 rings (SSSR count). The molecule has 2 heterocycles. The number of nitrogens with zero attached hydrogens (tertiary/aromatic N) is 1. The first-order valence-corrected chi connectivity index (χ1v) is 11.2. The Balaban J connectivity index is 1.71. The van der Waals surface area contributed by atoms with Gasteiger partial charge in [-0.25, -0.2) is 8.42 Å². The SMILES string of the molecule is COc1cccc(S(=O)(=O)N2CCOC(c3c(C(N)=O)sc4ccccc34)C2)c1. The number of carbonyl (C=O) groups excluding carboxylic acids is 1. The Kier molecular flexibility index (Phi) is 5.30. The number of nitrogens with two attached hydrogens (primary N) is 1. The van der Waals surface area contributed by atoms with Crippen LogP contribution in [0.1, 0.15) is 21.3 Å². The molecule has 29 heavy (non-hydrogen) atoms. The molecule has 0 saturated carbocycles. The summed E-state index contributed by atoms with van der Waals surface area (Å²) in [7, 11) is -2.25. The van der Waals surface area contributed by atoms with Crippen molar-refractivity contribution in [3.63, 3.8) is 0 Å². The van der Waals surface area contributed by atoms with E-state index in [1.54, 1.807) is 12.1 Å². The number of primary amides is 1. The summed E-state index contributed by atoms with van der Waals surface area (Å²) in [6.45, 7) is 0.542. The molecule has 1 saturated heterocycles. The maximum Gasteiger partial charge on any atom is 0.259 e. The van der Waals surface area contributed by atoms with Crippen LogP contribution in [0.2, 0.25) is 0 Å². The first-order valence-electron chi connectivity index (χ1n) is 8.99. The molecule has 2 aromatic carbocycles. The lowest BCUT2D eigenvalue weighted by atomic mass is 10.0. The smallest absolute Gasteiger partial charge is 0.259 e. The molecule has 1 atom stereocenters. The summed E-state index contributed by atoms with van der Waals surface area (Å²) in [5.41, 5.74) is 6.25. The summed E-state index contributed by atoms with van der Waals surface area (Å²) in [6.07, 6.45) is -0.581. The normalized spacial score (nSPS) is 18.0. The lowest BCUT2D eigenvalue weighted by molar-refractivity contribution is -0.00189. The number of benzene rings is 2. The van der Waals surface area contributed by atoms with E-state index in [1.807, 2.05) is 24.3 Å². The van der Waals surface area contributed by atoms with Gasteiger partial charge >= 0.3 is 0 Å². The van der Waals surface area contributed by atoms with Crippen molar-refractivity contribution >= 4 is 37.4 Å². The predicted molar refractivity (Wildman–Crippen MR) is 111 cm³/mol. The number of ether oxygens (including phenoxy) is 2. The summed E-state index contributed by atoms with van der Waals surface area (Å²) in [5.74, 6) is -0.0756. The Morgan fingerprint density at radius 1 is 1.24 bits per heavy atom. The highest BCUT2D eigenvalue weighted by Crippen LogP contribution is 2.38. The molecule has 0 radical (unpaired) electrons. The number of carbonyl (C=O) groups is 1. The van der Waals surface area contributed by atoms with Crippen LogP contribution in [0.5, 0.6) is 5.75 Å². The van der Waals surface area contributed by atoms with Crippen LogP contribution < -0.4 is 10.5 Å². The van der Waals surface area contributed by atoms with Crippen molar-refractivity contribution in [3.05, 3.63) is 59.0 Å². The molecule has 1 aliphatic heterocycles. The monoisotopic (exact) mass is 432 g/mol. The number of hydrogen-bond donors (Lipinski definition) is 1. The van der Waals surface area contributed by atoms with Crippen LogP contribution in [0.3, 0.4) is 0 Å². The minimum atomic E-state index is -3.74. The van der Waals surface area contributed by atoms with Crippen LogP contribution in [0.15, 0.2) is 53.4 Å². The topological polar surface area (TPSA) is 98.9 Å². The Labute approximate surface area is 172 Å². The third-order valence-corrected chi connectivity index (χ3v) is 7.95. The summed E-state index contributed by atoms with van der Waals surface area (Å²) in [4.78, 5) is 12.6. The molecule has 1 unspecified atom stereocenters. The fourth-order valence-corrected chi connectivity index (χ4v) is 6.06. The van der Waals surface area contributed by atoms with Crippen molar-refractivity contribution in [2.24, 2.45) is 5.73 Å². The average Bonchev–Trinajstić information content (AvgIpc) is 3.14. The number of rotatable bonds is 5. The van der Waals surface area contributed by atoms with E-state index in [1.165, 1.54) is 34.9 Å². The quantitative estimate of drug-likeness (QED) is 0.668. The minimum absolute atomic E-state index is 0.0978. The molecule has 0 spiro atoms. The Hall–Kier alpha value is -2.46. The van der Waals surface area contributed by atoms with E-state index in [2.05, 4.69) is 0 Å². The van der Waals surface area contributed by atoms with Crippen molar-refractivity contribution < 1.29 is 22.7 Å². The van der Waals surface area contributed by atoms with Crippen LogP contribution in [-0.2, 0) is 14.8 Å². The van der Waals surface area contributed by atoms with E-state index in [9.17, 15) is 13.2 Å². The van der Waals surface area contributed by atoms with Crippen molar-refractivity contribution in [2.75, 3.05) is 26.8 Å². The number of hydrogen-bond acceptors (Lipinski definition) is 6. The van der Waals surface area contributed by atoms with Crippen molar-refractivity contribution in [1.82, 2.24) is 4.31 Å². The van der Waals surface area contributed by atoms with E-state index >= 15 is 0 Å². The highest BCUT2D eigenvalue weighted by molar-refractivity contribution is 7.89. The zero-order chi connectivity index (χ0) is 20.6. The number of fused-ring (bicyclic) bond motifs is 1. The highest BCUT2D eigenvalue weighted by Gasteiger charge is 2.34. The van der Waals surface area contributed by atoms with Gasteiger partial charge in [-0.15, -0.1) is 11.3 Å². The van der Waals surface area contributed by atoms with Crippen LogP contribution in [0, 0.1) is 0 Å². The molecule has 0 aliphatic carbocycles. The molecular weight excluding hydrogens is 412 g/mol. The average molecular weight is 433 g/mol. The lowest BCUT2D eigenvalue weighted by Gasteiger charge is -2.32. The molecule has 1 aromatic heterocycles. The number of morpholine rings is 1. The summed E-state index contributed by atoms with van der Waals surface area (Å²) >= 11 is 1.30. The molecule has 1 aliphatic rings. The van der Waals surface area contributed by atoms with Crippen LogP contribution in [-0.4, -0.2) is 45.4 Å². The van der Waals surface area contributed by atoms with E-state index in [4.69, 9.17) is 15.2 Å². The van der Waals surface area contributed by atoms with Gasteiger partial charge in [0, 0.05) is 29.4 Å². The van der Waals surface area contributed by atoms with Crippen molar-refractivity contribution in [3.8, 4) is 5.75 Å². The molecule has 0 bridgehead atoms. The molecule has 1 fully saturated rings. The molecular formula is C20H20N2O5S2. The third kappa shape index (κ3) is 3.62. The first-order chi connectivity index (χ1) is 13.9. The second-order valence-electron chi connectivity index (χ2n) is 6.61. The maximum atomic E-state index is 13.2. The van der Waals surface area contributed by atoms with Crippen LogP contribution >= 0.6 is 11.3 Å². The molecule has 1 amide bonds.